The van der Waals surface area contributed by atoms with Crippen molar-refractivity contribution in [2.75, 3.05) is 0 Å². The molecule has 92 valence electrons. The van der Waals surface area contributed by atoms with Crippen molar-refractivity contribution in [3.63, 3.8) is 0 Å². The van der Waals surface area contributed by atoms with Gasteiger partial charge in [0.05, 0.1) is 0 Å². The van der Waals surface area contributed by atoms with E-state index in [1.54, 1.807) is 0 Å². The quantitative estimate of drug-likeness (QED) is 0.501. The summed E-state index contributed by atoms with van der Waals surface area (Å²) in [7, 11) is 0. The van der Waals surface area contributed by atoms with Crippen LogP contribution in [-0.4, -0.2) is 0 Å². The van der Waals surface area contributed by atoms with Crippen molar-refractivity contribution >= 4 is 0 Å². The lowest BCUT2D eigenvalue weighted by Crippen LogP contribution is -1.91. The van der Waals surface area contributed by atoms with Gasteiger partial charge < -0.3 is 0 Å². The van der Waals surface area contributed by atoms with Gasteiger partial charge in [0.2, 0.25) is 0 Å². The van der Waals surface area contributed by atoms with E-state index in [1.807, 2.05) is 0 Å². The molecule has 0 aliphatic heterocycles. The highest BCUT2D eigenvalue weighted by Gasteiger charge is 2.04. The minimum Gasteiger partial charge on any atom is -0.0776 e. The molecule has 0 atom stereocenters. The van der Waals surface area contributed by atoms with Gasteiger partial charge in [-0.2, -0.15) is 0 Å². The van der Waals surface area contributed by atoms with E-state index in [9.17, 15) is 0 Å². The van der Waals surface area contributed by atoms with Crippen molar-refractivity contribution in [3.8, 4) is 0 Å². The van der Waals surface area contributed by atoms with Crippen molar-refractivity contribution in [3.05, 3.63) is 48.6 Å². The van der Waals surface area contributed by atoms with Gasteiger partial charge in [0.15, 0.2) is 0 Å². The third-order valence-electron chi connectivity index (χ3n) is 3.73. The summed E-state index contributed by atoms with van der Waals surface area (Å²) >= 11 is 0. The summed E-state index contributed by atoms with van der Waals surface area (Å²) < 4.78 is 0. The standard InChI is InChI=1S/C17H24/c1(2-4-10-16-12-6-7-13-16)3-5-11-17-14-8-9-15-17/h6-9,12-17H,1-5,10-11H2. The van der Waals surface area contributed by atoms with Crippen LogP contribution in [0.25, 0.3) is 0 Å². The summed E-state index contributed by atoms with van der Waals surface area (Å²) in [5.74, 6) is 1.48. The topological polar surface area (TPSA) is 0 Å². The molecule has 17 heavy (non-hydrogen) atoms. The fourth-order valence-electron chi connectivity index (χ4n) is 2.63. The smallest absolute Gasteiger partial charge is 0.00473 e. The highest BCUT2D eigenvalue weighted by Crippen LogP contribution is 2.20. The third-order valence-corrected chi connectivity index (χ3v) is 3.73. The van der Waals surface area contributed by atoms with Crippen molar-refractivity contribution in [1.29, 1.82) is 0 Å². The lowest BCUT2D eigenvalue weighted by molar-refractivity contribution is 0.544. The average Bonchev–Trinajstić information content (AvgIpc) is 3.00. The Kier molecular flexibility index (Phi) is 5.35. The van der Waals surface area contributed by atoms with Gasteiger partial charge in [-0.3, -0.25) is 0 Å². The molecule has 0 amide bonds. The lowest BCUT2D eigenvalue weighted by atomic mass is 9.99. The molecular weight excluding hydrogens is 204 g/mol. The van der Waals surface area contributed by atoms with Crippen LogP contribution in [0.5, 0.6) is 0 Å². The van der Waals surface area contributed by atoms with Gasteiger partial charge in [-0.05, 0) is 24.7 Å². The molecule has 0 unspecified atom stereocenters. The zero-order chi connectivity index (χ0) is 11.8. The number of allylic oxidation sites excluding steroid dienone is 8. The van der Waals surface area contributed by atoms with E-state index >= 15 is 0 Å². The Morgan fingerprint density at radius 3 is 1.24 bits per heavy atom. The molecule has 0 nitrogen and oxygen atoms in total. The molecular formula is C17H24. The Morgan fingerprint density at radius 2 is 0.824 bits per heavy atom. The monoisotopic (exact) mass is 228 g/mol. The molecule has 0 aromatic rings. The normalized spacial score (nSPS) is 18.8. The molecule has 0 spiro atoms. The van der Waals surface area contributed by atoms with Crippen LogP contribution in [0.15, 0.2) is 48.6 Å². The predicted molar refractivity (Wildman–Crippen MR) is 75.9 cm³/mol. The van der Waals surface area contributed by atoms with Crippen molar-refractivity contribution in [2.24, 2.45) is 11.8 Å². The zero-order valence-corrected chi connectivity index (χ0v) is 10.7. The number of rotatable bonds is 8. The molecule has 0 fully saturated rings. The largest absolute Gasteiger partial charge is 0.0776 e. The second kappa shape index (κ2) is 7.32. The first-order valence-electron chi connectivity index (χ1n) is 7.15. The van der Waals surface area contributed by atoms with Crippen LogP contribution in [-0.2, 0) is 0 Å². The molecule has 0 saturated carbocycles. The SMILES string of the molecule is C1=CC(CCCCCCCC2C=CC=C2)C=C1. The van der Waals surface area contributed by atoms with Crippen LogP contribution >= 0.6 is 0 Å². The van der Waals surface area contributed by atoms with E-state index in [1.165, 1.54) is 44.9 Å². The molecule has 0 aromatic heterocycles. The molecule has 2 rings (SSSR count). The average molecular weight is 228 g/mol. The van der Waals surface area contributed by atoms with Crippen LogP contribution < -0.4 is 0 Å². The van der Waals surface area contributed by atoms with E-state index in [-0.39, 0.29) is 0 Å². The van der Waals surface area contributed by atoms with Gasteiger partial charge in [-0.25, -0.2) is 0 Å². The molecule has 0 radical (unpaired) electrons. The highest BCUT2D eigenvalue weighted by atomic mass is 14.1. The van der Waals surface area contributed by atoms with E-state index in [4.69, 9.17) is 0 Å². The van der Waals surface area contributed by atoms with Crippen LogP contribution in [0.1, 0.15) is 44.9 Å². The fraction of sp³-hybridized carbons (Fsp3) is 0.529. The summed E-state index contributed by atoms with van der Waals surface area (Å²) in [6.45, 7) is 0. The minimum atomic E-state index is 0.740. The van der Waals surface area contributed by atoms with Crippen molar-refractivity contribution < 1.29 is 0 Å². The van der Waals surface area contributed by atoms with Crippen LogP contribution in [0.4, 0.5) is 0 Å². The second-order valence-corrected chi connectivity index (χ2v) is 5.21. The molecule has 0 heteroatoms. The first kappa shape index (κ1) is 12.4. The Hall–Kier alpha value is -1.04. The summed E-state index contributed by atoms with van der Waals surface area (Å²) in [5, 5.41) is 0. The van der Waals surface area contributed by atoms with Crippen LogP contribution in [0, 0.1) is 11.8 Å². The highest BCUT2D eigenvalue weighted by molar-refractivity contribution is 5.17. The van der Waals surface area contributed by atoms with E-state index in [0.717, 1.165) is 11.8 Å². The van der Waals surface area contributed by atoms with Crippen molar-refractivity contribution in [1.82, 2.24) is 0 Å². The fourth-order valence-corrected chi connectivity index (χ4v) is 2.63. The summed E-state index contributed by atoms with van der Waals surface area (Å²) in [6.07, 6.45) is 27.7. The lowest BCUT2D eigenvalue weighted by Gasteiger charge is -2.06. The van der Waals surface area contributed by atoms with E-state index in [0.29, 0.717) is 0 Å². The van der Waals surface area contributed by atoms with E-state index in [2.05, 4.69) is 48.6 Å². The number of hydrogen-bond donors (Lipinski definition) is 0. The van der Waals surface area contributed by atoms with Crippen LogP contribution in [0.2, 0.25) is 0 Å². The first-order valence-corrected chi connectivity index (χ1v) is 7.15. The van der Waals surface area contributed by atoms with Gasteiger partial charge >= 0.3 is 0 Å². The maximum atomic E-state index is 2.32. The number of hydrogen-bond acceptors (Lipinski definition) is 0. The zero-order valence-electron chi connectivity index (χ0n) is 10.7. The van der Waals surface area contributed by atoms with Gasteiger partial charge in [0, 0.05) is 0 Å². The van der Waals surface area contributed by atoms with Gasteiger partial charge in [0.1, 0.15) is 0 Å². The van der Waals surface area contributed by atoms with Gasteiger partial charge in [-0.15, -0.1) is 0 Å². The first-order chi connectivity index (χ1) is 8.45. The maximum Gasteiger partial charge on any atom is -0.00473 e. The molecule has 0 saturated heterocycles. The Morgan fingerprint density at radius 1 is 0.471 bits per heavy atom. The summed E-state index contributed by atoms with van der Waals surface area (Å²) in [4.78, 5) is 0. The number of unbranched alkanes of at least 4 members (excludes halogenated alkanes) is 4. The van der Waals surface area contributed by atoms with Crippen LogP contribution in [0.3, 0.4) is 0 Å². The molecule has 0 aromatic carbocycles. The van der Waals surface area contributed by atoms with Gasteiger partial charge in [-0.1, -0.05) is 80.7 Å². The summed E-state index contributed by atoms with van der Waals surface area (Å²) in [6, 6.07) is 0. The molecule has 2 aliphatic carbocycles. The van der Waals surface area contributed by atoms with Gasteiger partial charge in [0.25, 0.3) is 0 Å². The molecule has 0 heterocycles. The Labute approximate surface area is 106 Å². The maximum absolute atomic E-state index is 2.32. The molecule has 0 N–H and O–H groups in total. The minimum absolute atomic E-state index is 0.740. The Bertz CT molecular complexity index is 261. The van der Waals surface area contributed by atoms with Crippen molar-refractivity contribution in [2.45, 2.75) is 44.9 Å². The van der Waals surface area contributed by atoms with E-state index < -0.39 is 0 Å². The molecule has 2 aliphatic rings. The second-order valence-electron chi connectivity index (χ2n) is 5.21. The predicted octanol–water partition coefficient (Wildman–Crippen LogP) is 5.20. The molecule has 0 bridgehead atoms. The summed E-state index contributed by atoms with van der Waals surface area (Å²) in [5.41, 5.74) is 0. The Balaban J connectivity index is 1.39. The third kappa shape index (κ3) is 4.77.